The van der Waals surface area contributed by atoms with Crippen molar-refractivity contribution in [1.82, 2.24) is 10.3 Å². The second kappa shape index (κ2) is 8.06. The maximum absolute atomic E-state index is 12.9. The maximum Gasteiger partial charge on any atom is 0.226 e. The third-order valence-corrected chi connectivity index (χ3v) is 3.77. The van der Waals surface area contributed by atoms with Crippen LogP contribution in [0.2, 0.25) is 0 Å². The van der Waals surface area contributed by atoms with Crippen molar-refractivity contribution in [3.63, 3.8) is 0 Å². The van der Waals surface area contributed by atoms with Crippen molar-refractivity contribution < 1.29 is 18.7 Å². The molecule has 0 saturated heterocycles. The van der Waals surface area contributed by atoms with E-state index < -0.39 is 0 Å². The first kappa shape index (κ1) is 18.1. The highest BCUT2D eigenvalue weighted by Crippen LogP contribution is 2.21. The van der Waals surface area contributed by atoms with Crippen molar-refractivity contribution >= 4 is 5.91 Å². The highest BCUT2D eigenvalue weighted by molar-refractivity contribution is 5.78. The van der Waals surface area contributed by atoms with Crippen LogP contribution < -0.4 is 5.32 Å². The van der Waals surface area contributed by atoms with Crippen molar-refractivity contribution in [3.8, 4) is 11.5 Å². The van der Waals surface area contributed by atoms with E-state index in [1.807, 2.05) is 13.8 Å². The molecule has 2 aromatic rings. The Morgan fingerprint density at radius 3 is 2.71 bits per heavy atom. The number of amides is 1. The summed E-state index contributed by atoms with van der Waals surface area (Å²) in [5.74, 6) is -0.0902. The van der Waals surface area contributed by atoms with Crippen molar-refractivity contribution in [2.75, 3.05) is 13.2 Å². The monoisotopic (exact) mass is 334 g/mol. The highest BCUT2D eigenvalue weighted by atomic mass is 19.1. The number of nitrogens with one attached hydrogen (secondary N) is 1. The molecule has 0 saturated carbocycles. The van der Waals surface area contributed by atoms with Gasteiger partial charge >= 0.3 is 0 Å². The summed E-state index contributed by atoms with van der Waals surface area (Å²) in [5.41, 5.74) is 1.07. The Morgan fingerprint density at radius 1 is 1.33 bits per heavy atom. The molecule has 6 heteroatoms. The average molecular weight is 334 g/mol. The number of aromatic nitrogens is 1. The van der Waals surface area contributed by atoms with Gasteiger partial charge in [0.1, 0.15) is 12.1 Å². The van der Waals surface area contributed by atoms with Crippen LogP contribution in [0, 0.1) is 11.2 Å². The number of hydrogen-bond acceptors (Lipinski definition) is 4. The van der Waals surface area contributed by atoms with Gasteiger partial charge in [-0.2, -0.15) is 0 Å². The molecule has 0 radical (unpaired) electrons. The second-order valence-corrected chi connectivity index (χ2v) is 6.60. The van der Waals surface area contributed by atoms with Crippen LogP contribution >= 0.6 is 0 Å². The summed E-state index contributed by atoms with van der Waals surface area (Å²) < 4.78 is 18.2. The topological polar surface area (TPSA) is 75.4 Å². The lowest BCUT2D eigenvalue weighted by atomic mass is 9.89. The van der Waals surface area contributed by atoms with E-state index in [9.17, 15) is 14.3 Å². The molecule has 0 aliphatic heterocycles. The molecular formula is C18H23FN2O3. The Hall–Kier alpha value is -2.21. The number of aliphatic hydroxyl groups excluding tert-OH is 1. The first-order chi connectivity index (χ1) is 11.4. The summed E-state index contributed by atoms with van der Waals surface area (Å²) in [6.07, 6.45) is 3.21. The molecule has 1 amide bonds. The van der Waals surface area contributed by atoms with Crippen LogP contribution in [0.15, 0.2) is 34.9 Å². The van der Waals surface area contributed by atoms with Crippen LogP contribution in [0.25, 0.3) is 11.5 Å². The van der Waals surface area contributed by atoms with E-state index in [-0.39, 0.29) is 30.2 Å². The molecule has 2 N–H and O–H groups in total. The van der Waals surface area contributed by atoms with Gasteiger partial charge in [-0.05, 0) is 42.5 Å². The van der Waals surface area contributed by atoms with Gasteiger partial charge in [0.15, 0.2) is 0 Å². The predicted octanol–water partition coefficient (Wildman–Crippen LogP) is 2.94. The number of nitrogens with zero attached hydrogens (tertiary/aromatic N) is 1. The van der Waals surface area contributed by atoms with E-state index in [4.69, 9.17) is 4.42 Å². The molecule has 1 aromatic carbocycles. The van der Waals surface area contributed by atoms with Crippen LogP contribution in [0.4, 0.5) is 4.39 Å². The molecule has 0 bridgehead atoms. The minimum atomic E-state index is -0.325. The summed E-state index contributed by atoms with van der Waals surface area (Å²) in [5, 5.41) is 12.0. The number of benzene rings is 1. The minimum Gasteiger partial charge on any atom is -0.444 e. The summed E-state index contributed by atoms with van der Waals surface area (Å²) >= 11 is 0. The zero-order valence-corrected chi connectivity index (χ0v) is 14.0. The highest BCUT2D eigenvalue weighted by Gasteiger charge is 2.16. The van der Waals surface area contributed by atoms with Crippen LogP contribution in [0.1, 0.15) is 32.4 Å². The van der Waals surface area contributed by atoms with Crippen LogP contribution in [0.3, 0.4) is 0 Å². The number of carbonyl (C=O) groups is 1. The summed E-state index contributed by atoms with van der Waals surface area (Å²) in [6.45, 7) is 4.67. The van der Waals surface area contributed by atoms with Crippen molar-refractivity contribution in [3.05, 3.63) is 42.0 Å². The number of carbonyl (C=O) groups excluding carboxylic acids is 1. The zero-order valence-electron chi connectivity index (χ0n) is 14.0. The Bertz CT molecular complexity index is 665. The SMILES string of the molecule is CC(C)(CO)CCCNC(=O)Cc1coc(-c2ccc(F)cc2)n1. The minimum absolute atomic E-state index is 0.124. The number of rotatable bonds is 8. The molecule has 0 fully saturated rings. The van der Waals surface area contributed by atoms with Gasteiger partial charge in [0.25, 0.3) is 0 Å². The summed E-state index contributed by atoms with van der Waals surface area (Å²) in [7, 11) is 0. The van der Waals surface area contributed by atoms with E-state index in [0.717, 1.165) is 12.8 Å². The van der Waals surface area contributed by atoms with Crippen LogP contribution in [-0.4, -0.2) is 29.1 Å². The molecule has 0 atom stereocenters. The van der Waals surface area contributed by atoms with Crippen molar-refractivity contribution in [2.24, 2.45) is 5.41 Å². The first-order valence-electron chi connectivity index (χ1n) is 7.97. The molecule has 0 aliphatic carbocycles. The second-order valence-electron chi connectivity index (χ2n) is 6.60. The Balaban J connectivity index is 1.79. The van der Waals surface area contributed by atoms with E-state index in [1.54, 1.807) is 12.1 Å². The first-order valence-corrected chi connectivity index (χ1v) is 7.97. The Labute approximate surface area is 140 Å². The van der Waals surface area contributed by atoms with E-state index in [2.05, 4.69) is 10.3 Å². The maximum atomic E-state index is 12.9. The normalized spacial score (nSPS) is 11.5. The smallest absolute Gasteiger partial charge is 0.226 e. The molecule has 0 spiro atoms. The zero-order chi connectivity index (χ0) is 17.6. The quantitative estimate of drug-likeness (QED) is 0.728. The molecular weight excluding hydrogens is 311 g/mol. The van der Waals surface area contributed by atoms with Gasteiger partial charge in [-0.15, -0.1) is 0 Å². The fourth-order valence-electron chi connectivity index (χ4n) is 2.21. The van der Waals surface area contributed by atoms with Gasteiger partial charge in [0.05, 0.1) is 12.1 Å². The number of oxazole rings is 1. The van der Waals surface area contributed by atoms with Gasteiger partial charge in [-0.3, -0.25) is 4.79 Å². The van der Waals surface area contributed by atoms with Gasteiger partial charge in [-0.1, -0.05) is 13.8 Å². The molecule has 130 valence electrons. The number of halogens is 1. The van der Waals surface area contributed by atoms with Crippen molar-refractivity contribution in [1.29, 1.82) is 0 Å². The molecule has 24 heavy (non-hydrogen) atoms. The lowest BCUT2D eigenvalue weighted by molar-refractivity contribution is -0.120. The van der Waals surface area contributed by atoms with Gasteiger partial charge < -0.3 is 14.8 Å². The van der Waals surface area contributed by atoms with E-state index in [0.29, 0.717) is 23.7 Å². The van der Waals surface area contributed by atoms with E-state index in [1.165, 1.54) is 18.4 Å². The lowest BCUT2D eigenvalue weighted by Crippen LogP contribution is -2.27. The van der Waals surface area contributed by atoms with Gasteiger partial charge in [0.2, 0.25) is 11.8 Å². The molecule has 0 unspecified atom stereocenters. The largest absolute Gasteiger partial charge is 0.444 e. The number of hydrogen-bond donors (Lipinski definition) is 2. The molecule has 5 nitrogen and oxygen atoms in total. The van der Waals surface area contributed by atoms with Gasteiger partial charge in [0, 0.05) is 18.7 Å². The fourth-order valence-corrected chi connectivity index (χ4v) is 2.21. The van der Waals surface area contributed by atoms with Gasteiger partial charge in [-0.25, -0.2) is 9.37 Å². The fraction of sp³-hybridized carbons (Fsp3) is 0.444. The van der Waals surface area contributed by atoms with Crippen LogP contribution in [-0.2, 0) is 11.2 Å². The third-order valence-electron chi connectivity index (χ3n) is 3.77. The van der Waals surface area contributed by atoms with Crippen LogP contribution in [0.5, 0.6) is 0 Å². The lowest BCUT2D eigenvalue weighted by Gasteiger charge is -2.21. The Kier molecular flexibility index (Phi) is 6.09. The van der Waals surface area contributed by atoms with Crippen molar-refractivity contribution in [2.45, 2.75) is 33.1 Å². The number of aliphatic hydroxyl groups is 1. The average Bonchev–Trinajstić information content (AvgIpc) is 3.01. The molecule has 1 heterocycles. The molecule has 2 rings (SSSR count). The molecule has 1 aromatic heterocycles. The third kappa shape index (κ3) is 5.45. The van der Waals surface area contributed by atoms with E-state index >= 15 is 0 Å². The predicted molar refractivity (Wildman–Crippen MR) is 88.7 cm³/mol. The summed E-state index contributed by atoms with van der Waals surface area (Å²) in [4.78, 5) is 16.2. The summed E-state index contributed by atoms with van der Waals surface area (Å²) in [6, 6.07) is 5.82. The Morgan fingerprint density at radius 2 is 2.04 bits per heavy atom. The standard InChI is InChI=1S/C18H23FN2O3/c1-18(2,12-22)8-3-9-20-16(23)10-15-11-24-17(21-15)13-4-6-14(19)7-5-13/h4-7,11,22H,3,8-10,12H2,1-2H3,(H,20,23). The molecule has 0 aliphatic rings.